The summed E-state index contributed by atoms with van der Waals surface area (Å²) >= 11 is 12.4. The van der Waals surface area contributed by atoms with Crippen LogP contribution in [-0.4, -0.2) is 24.7 Å². The number of pyridine rings is 1. The number of rotatable bonds is 2. The van der Waals surface area contributed by atoms with Gasteiger partial charge in [0.1, 0.15) is 10.3 Å². The summed E-state index contributed by atoms with van der Waals surface area (Å²) in [7, 11) is 0. The second-order valence-electron chi connectivity index (χ2n) is 5.19. The van der Waals surface area contributed by atoms with Gasteiger partial charge >= 0.3 is 0 Å². The fourth-order valence-corrected chi connectivity index (χ4v) is 3.24. The molecule has 22 heavy (non-hydrogen) atoms. The van der Waals surface area contributed by atoms with Gasteiger partial charge in [-0.05, 0) is 38.8 Å². The Morgan fingerprint density at radius 2 is 1.77 bits per heavy atom. The van der Waals surface area contributed by atoms with E-state index >= 15 is 0 Å². The molecule has 3 aromatic rings. The molecule has 3 heterocycles. The molecule has 0 aliphatic carbocycles. The van der Waals surface area contributed by atoms with Crippen LogP contribution in [0.15, 0.2) is 6.07 Å². The van der Waals surface area contributed by atoms with Gasteiger partial charge in [0.05, 0.1) is 5.69 Å². The van der Waals surface area contributed by atoms with Crippen molar-refractivity contribution in [3.8, 4) is 5.95 Å². The molecule has 0 saturated carbocycles. The minimum absolute atomic E-state index is 0.409. The van der Waals surface area contributed by atoms with Gasteiger partial charge in [-0.2, -0.15) is 14.8 Å². The van der Waals surface area contributed by atoms with E-state index < -0.39 is 0 Å². The van der Waals surface area contributed by atoms with Crippen molar-refractivity contribution in [2.45, 2.75) is 34.1 Å². The standard InChI is InChI=1S/C15H15Cl2N5/c1-5-10-8(3)18-15(20-13(10)17)22-14-12(9(4)21-22)7(2)6-11(16)19-14/h6H,5H2,1-4H3. The van der Waals surface area contributed by atoms with Crippen LogP contribution >= 0.6 is 23.2 Å². The molecule has 0 bridgehead atoms. The minimum Gasteiger partial charge on any atom is -0.216 e. The van der Waals surface area contributed by atoms with Crippen LogP contribution in [0.5, 0.6) is 0 Å². The Morgan fingerprint density at radius 3 is 2.41 bits per heavy atom. The predicted molar refractivity (Wildman–Crippen MR) is 88.1 cm³/mol. The molecule has 0 spiro atoms. The summed E-state index contributed by atoms with van der Waals surface area (Å²) in [4.78, 5) is 13.3. The molecule has 0 radical (unpaired) electrons. The van der Waals surface area contributed by atoms with Crippen LogP contribution in [0.3, 0.4) is 0 Å². The molecule has 0 amide bonds. The van der Waals surface area contributed by atoms with Crippen LogP contribution in [0.25, 0.3) is 17.0 Å². The highest BCUT2D eigenvalue weighted by atomic mass is 35.5. The van der Waals surface area contributed by atoms with Crippen LogP contribution in [0.2, 0.25) is 10.3 Å². The van der Waals surface area contributed by atoms with E-state index in [1.165, 1.54) is 0 Å². The van der Waals surface area contributed by atoms with E-state index in [0.717, 1.165) is 34.3 Å². The molecule has 0 fully saturated rings. The largest absolute Gasteiger partial charge is 0.254 e. The maximum Gasteiger partial charge on any atom is 0.254 e. The van der Waals surface area contributed by atoms with Gasteiger partial charge in [0.25, 0.3) is 5.95 Å². The lowest BCUT2D eigenvalue weighted by Gasteiger charge is -2.08. The highest BCUT2D eigenvalue weighted by Crippen LogP contribution is 2.26. The summed E-state index contributed by atoms with van der Waals surface area (Å²) in [5, 5.41) is 6.34. The maximum atomic E-state index is 6.27. The third-order valence-corrected chi connectivity index (χ3v) is 4.18. The van der Waals surface area contributed by atoms with Gasteiger partial charge in [0.2, 0.25) is 0 Å². The maximum absolute atomic E-state index is 6.27. The lowest BCUT2D eigenvalue weighted by molar-refractivity contribution is 0.796. The second kappa shape index (κ2) is 5.48. The molecule has 7 heteroatoms. The molecule has 0 aliphatic rings. The van der Waals surface area contributed by atoms with Gasteiger partial charge in [0.15, 0.2) is 5.65 Å². The number of nitrogens with zero attached hydrogens (tertiary/aromatic N) is 5. The molecule has 0 unspecified atom stereocenters. The van der Waals surface area contributed by atoms with Crippen molar-refractivity contribution in [3.63, 3.8) is 0 Å². The van der Waals surface area contributed by atoms with E-state index in [9.17, 15) is 0 Å². The van der Waals surface area contributed by atoms with Gasteiger partial charge in [0, 0.05) is 16.6 Å². The lowest BCUT2D eigenvalue weighted by atomic mass is 10.2. The zero-order valence-electron chi connectivity index (χ0n) is 12.8. The normalized spacial score (nSPS) is 11.4. The molecule has 0 atom stereocenters. The Hall–Kier alpha value is -1.72. The molecular formula is C15H15Cl2N5. The Morgan fingerprint density at radius 1 is 1.05 bits per heavy atom. The summed E-state index contributed by atoms with van der Waals surface area (Å²) in [5.74, 6) is 0.409. The fourth-order valence-electron chi connectivity index (χ4n) is 2.65. The first-order valence-electron chi connectivity index (χ1n) is 6.98. The summed E-state index contributed by atoms with van der Waals surface area (Å²) in [6.45, 7) is 7.85. The smallest absolute Gasteiger partial charge is 0.216 e. The van der Waals surface area contributed by atoms with Crippen LogP contribution in [0.4, 0.5) is 0 Å². The Kier molecular flexibility index (Phi) is 3.78. The number of fused-ring (bicyclic) bond motifs is 1. The Balaban J connectivity index is 2.32. The number of halogens is 2. The van der Waals surface area contributed by atoms with Gasteiger partial charge in [-0.1, -0.05) is 30.1 Å². The quantitative estimate of drug-likeness (QED) is 0.524. The first-order valence-corrected chi connectivity index (χ1v) is 7.73. The van der Waals surface area contributed by atoms with Crippen molar-refractivity contribution < 1.29 is 0 Å². The lowest BCUT2D eigenvalue weighted by Crippen LogP contribution is -2.08. The summed E-state index contributed by atoms with van der Waals surface area (Å²) in [6.07, 6.45) is 0.785. The van der Waals surface area contributed by atoms with Gasteiger partial charge in [-0.15, -0.1) is 0 Å². The van der Waals surface area contributed by atoms with Crippen LogP contribution in [-0.2, 0) is 6.42 Å². The third kappa shape index (κ3) is 2.34. The SMILES string of the molecule is CCc1c(C)nc(-n2nc(C)c3c(C)cc(Cl)nc32)nc1Cl. The van der Waals surface area contributed by atoms with Crippen molar-refractivity contribution in [2.24, 2.45) is 0 Å². The molecule has 0 N–H and O–H groups in total. The molecule has 3 aromatic heterocycles. The highest BCUT2D eigenvalue weighted by molar-refractivity contribution is 6.30. The molecule has 0 saturated heterocycles. The van der Waals surface area contributed by atoms with Crippen molar-refractivity contribution >= 4 is 34.2 Å². The van der Waals surface area contributed by atoms with Gasteiger partial charge in [-0.3, -0.25) is 0 Å². The molecule has 0 aliphatic heterocycles. The van der Waals surface area contributed by atoms with Crippen LogP contribution < -0.4 is 0 Å². The monoisotopic (exact) mass is 335 g/mol. The third-order valence-electron chi connectivity index (χ3n) is 3.67. The van der Waals surface area contributed by atoms with Crippen molar-refractivity contribution in [1.82, 2.24) is 24.7 Å². The number of hydrogen-bond acceptors (Lipinski definition) is 4. The average molecular weight is 336 g/mol. The zero-order chi connectivity index (χ0) is 16.0. The van der Waals surface area contributed by atoms with E-state index in [0.29, 0.717) is 21.9 Å². The van der Waals surface area contributed by atoms with Crippen molar-refractivity contribution in [2.75, 3.05) is 0 Å². The Bertz CT molecular complexity index is 862. The fraction of sp³-hybridized carbons (Fsp3) is 0.333. The van der Waals surface area contributed by atoms with Crippen LogP contribution in [0.1, 0.15) is 29.4 Å². The van der Waals surface area contributed by atoms with Gasteiger partial charge < -0.3 is 0 Å². The molecule has 0 aromatic carbocycles. The minimum atomic E-state index is 0.409. The zero-order valence-corrected chi connectivity index (χ0v) is 14.3. The first-order chi connectivity index (χ1) is 10.4. The van der Waals surface area contributed by atoms with Crippen LogP contribution in [0, 0.1) is 20.8 Å². The second-order valence-corrected chi connectivity index (χ2v) is 5.93. The molecular weight excluding hydrogens is 321 g/mol. The number of aromatic nitrogens is 5. The summed E-state index contributed by atoms with van der Waals surface area (Å²) in [5.41, 5.74) is 4.31. The van der Waals surface area contributed by atoms with Crippen molar-refractivity contribution in [1.29, 1.82) is 0 Å². The summed E-state index contributed by atoms with van der Waals surface area (Å²) < 4.78 is 1.60. The predicted octanol–water partition coefficient (Wildman–Crippen LogP) is 4.00. The van der Waals surface area contributed by atoms with E-state index in [-0.39, 0.29) is 0 Å². The van der Waals surface area contributed by atoms with Crippen molar-refractivity contribution in [3.05, 3.63) is 38.9 Å². The van der Waals surface area contributed by atoms with E-state index in [2.05, 4.69) is 20.1 Å². The van der Waals surface area contributed by atoms with E-state index in [1.807, 2.05) is 33.8 Å². The summed E-state index contributed by atoms with van der Waals surface area (Å²) in [6, 6.07) is 1.82. The van der Waals surface area contributed by atoms with E-state index in [4.69, 9.17) is 23.2 Å². The number of aryl methyl sites for hydroxylation is 3. The highest BCUT2D eigenvalue weighted by Gasteiger charge is 2.17. The molecule has 5 nitrogen and oxygen atoms in total. The van der Waals surface area contributed by atoms with Gasteiger partial charge in [-0.25, -0.2) is 9.97 Å². The molecule has 114 valence electrons. The van der Waals surface area contributed by atoms with E-state index in [1.54, 1.807) is 4.68 Å². The Labute approximate surface area is 138 Å². The first kappa shape index (κ1) is 15.2. The molecule has 3 rings (SSSR count). The number of hydrogen-bond donors (Lipinski definition) is 0. The topological polar surface area (TPSA) is 56.5 Å². The average Bonchev–Trinajstić information content (AvgIpc) is 2.75.